The topological polar surface area (TPSA) is 26.0 Å². The van der Waals surface area contributed by atoms with Crippen molar-refractivity contribution in [1.82, 2.24) is 0 Å². The maximum Gasteiger partial charge on any atom is 0.0109 e. The number of allylic oxidation sites excluding steroid dienone is 1. The van der Waals surface area contributed by atoms with Crippen LogP contribution in [0.1, 0.15) is 33.1 Å². The van der Waals surface area contributed by atoms with E-state index in [0.717, 1.165) is 18.4 Å². The first-order valence-electron chi connectivity index (χ1n) is 4.62. The van der Waals surface area contributed by atoms with Crippen LogP contribution < -0.4 is 5.73 Å². The summed E-state index contributed by atoms with van der Waals surface area (Å²) in [5, 5.41) is 0. The zero-order valence-corrected chi connectivity index (χ0v) is 7.64. The van der Waals surface area contributed by atoms with Crippen LogP contribution in [0.3, 0.4) is 0 Å². The molecule has 1 saturated carbocycles. The average molecular weight is 153 g/mol. The van der Waals surface area contributed by atoms with Gasteiger partial charge in [-0.2, -0.15) is 0 Å². The molecule has 0 bridgehead atoms. The second-order valence-corrected chi connectivity index (χ2v) is 3.80. The zero-order chi connectivity index (χ0) is 8.27. The van der Waals surface area contributed by atoms with E-state index in [4.69, 9.17) is 5.73 Å². The largest absolute Gasteiger partial charge is 0.327 e. The molecule has 1 heteroatoms. The molecule has 1 rings (SSSR count). The van der Waals surface area contributed by atoms with Crippen LogP contribution in [-0.2, 0) is 0 Å². The van der Waals surface area contributed by atoms with E-state index in [9.17, 15) is 0 Å². The highest BCUT2D eigenvalue weighted by Crippen LogP contribution is 2.32. The molecule has 11 heavy (non-hydrogen) atoms. The first-order chi connectivity index (χ1) is 5.24. The summed E-state index contributed by atoms with van der Waals surface area (Å²) in [7, 11) is 0. The molecule has 0 aromatic rings. The van der Waals surface area contributed by atoms with E-state index in [1.165, 1.54) is 19.3 Å². The van der Waals surface area contributed by atoms with E-state index < -0.39 is 0 Å². The number of rotatable bonds is 1. The molecule has 0 aromatic heterocycles. The average Bonchev–Trinajstić information content (AvgIpc) is 1.98. The summed E-state index contributed by atoms with van der Waals surface area (Å²) in [6.45, 7) is 5.41. The van der Waals surface area contributed by atoms with Crippen LogP contribution in [0.4, 0.5) is 0 Å². The zero-order valence-electron chi connectivity index (χ0n) is 7.64. The van der Waals surface area contributed by atoms with Crippen molar-refractivity contribution in [2.24, 2.45) is 17.6 Å². The molecule has 0 aliphatic heterocycles. The monoisotopic (exact) mass is 153 g/mol. The molecule has 1 nitrogen and oxygen atoms in total. The lowest BCUT2D eigenvalue weighted by molar-refractivity contribution is 0.323. The van der Waals surface area contributed by atoms with E-state index in [0.29, 0.717) is 0 Å². The Bertz CT molecular complexity index is 149. The van der Waals surface area contributed by atoms with Crippen molar-refractivity contribution >= 4 is 0 Å². The van der Waals surface area contributed by atoms with Crippen molar-refractivity contribution in [1.29, 1.82) is 0 Å². The minimum Gasteiger partial charge on any atom is -0.327 e. The molecule has 0 aromatic carbocycles. The van der Waals surface area contributed by atoms with E-state index in [2.05, 4.69) is 19.9 Å². The highest BCUT2D eigenvalue weighted by Gasteiger charge is 2.19. The molecule has 1 aliphatic rings. The Morgan fingerprint density at radius 2 is 2.18 bits per heavy atom. The maximum absolute atomic E-state index is 5.46. The van der Waals surface area contributed by atoms with Crippen molar-refractivity contribution in [3.63, 3.8) is 0 Å². The SMILES string of the molecule is CC1CCC(=CCN)CC1C. The van der Waals surface area contributed by atoms with Gasteiger partial charge < -0.3 is 5.73 Å². The highest BCUT2D eigenvalue weighted by molar-refractivity contribution is 5.06. The fourth-order valence-electron chi connectivity index (χ4n) is 1.77. The van der Waals surface area contributed by atoms with Gasteiger partial charge in [0.25, 0.3) is 0 Å². The van der Waals surface area contributed by atoms with Crippen LogP contribution in [0.25, 0.3) is 0 Å². The smallest absolute Gasteiger partial charge is 0.0109 e. The van der Waals surface area contributed by atoms with Gasteiger partial charge in [0, 0.05) is 6.54 Å². The van der Waals surface area contributed by atoms with Crippen molar-refractivity contribution in [2.45, 2.75) is 33.1 Å². The van der Waals surface area contributed by atoms with Crippen LogP contribution >= 0.6 is 0 Å². The molecular weight excluding hydrogens is 134 g/mol. The highest BCUT2D eigenvalue weighted by atomic mass is 14.5. The Morgan fingerprint density at radius 3 is 2.73 bits per heavy atom. The van der Waals surface area contributed by atoms with Crippen molar-refractivity contribution in [3.05, 3.63) is 11.6 Å². The molecule has 2 unspecified atom stereocenters. The van der Waals surface area contributed by atoms with Gasteiger partial charge in [0.1, 0.15) is 0 Å². The van der Waals surface area contributed by atoms with Gasteiger partial charge in [-0.25, -0.2) is 0 Å². The Labute approximate surface area is 69.7 Å². The normalized spacial score (nSPS) is 36.1. The third-order valence-electron chi connectivity index (χ3n) is 2.88. The second kappa shape index (κ2) is 3.91. The summed E-state index contributed by atoms with van der Waals surface area (Å²) in [6.07, 6.45) is 6.11. The van der Waals surface area contributed by atoms with Gasteiger partial charge in [-0.3, -0.25) is 0 Å². The third kappa shape index (κ3) is 2.33. The number of hydrogen-bond donors (Lipinski definition) is 1. The quantitative estimate of drug-likeness (QED) is 0.575. The van der Waals surface area contributed by atoms with Crippen LogP contribution in [-0.4, -0.2) is 6.54 Å². The predicted molar refractivity (Wildman–Crippen MR) is 49.3 cm³/mol. The van der Waals surface area contributed by atoms with E-state index in [1.807, 2.05) is 0 Å². The van der Waals surface area contributed by atoms with Crippen LogP contribution in [0, 0.1) is 11.8 Å². The Hall–Kier alpha value is -0.300. The van der Waals surface area contributed by atoms with E-state index >= 15 is 0 Å². The Balaban J connectivity index is 2.46. The lowest BCUT2D eigenvalue weighted by atomic mass is 9.79. The molecule has 2 N–H and O–H groups in total. The molecule has 0 spiro atoms. The van der Waals surface area contributed by atoms with Gasteiger partial charge in [0.15, 0.2) is 0 Å². The summed E-state index contributed by atoms with van der Waals surface area (Å²) in [6, 6.07) is 0. The molecule has 0 heterocycles. The maximum atomic E-state index is 5.46. The minimum atomic E-state index is 0.719. The van der Waals surface area contributed by atoms with Crippen LogP contribution in [0.15, 0.2) is 11.6 Å². The van der Waals surface area contributed by atoms with Crippen molar-refractivity contribution in [2.75, 3.05) is 6.54 Å². The second-order valence-electron chi connectivity index (χ2n) is 3.80. The Morgan fingerprint density at radius 1 is 1.45 bits per heavy atom. The van der Waals surface area contributed by atoms with Crippen LogP contribution in [0.5, 0.6) is 0 Å². The summed E-state index contributed by atoms with van der Waals surface area (Å²) in [4.78, 5) is 0. The summed E-state index contributed by atoms with van der Waals surface area (Å²) >= 11 is 0. The van der Waals surface area contributed by atoms with Gasteiger partial charge in [-0.05, 0) is 31.1 Å². The van der Waals surface area contributed by atoms with Crippen molar-refractivity contribution < 1.29 is 0 Å². The molecular formula is C10H19N. The fraction of sp³-hybridized carbons (Fsp3) is 0.800. The van der Waals surface area contributed by atoms with Gasteiger partial charge in [0.2, 0.25) is 0 Å². The molecule has 2 atom stereocenters. The molecule has 1 fully saturated rings. The van der Waals surface area contributed by atoms with E-state index in [1.54, 1.807) is 5.57 Å². The summed E-state index contributed by atoms with van der Waals surface area (Å²) < 4.78 is 0. The third-order valence-corrected chi connectivity index (χ3v) is 2.88. The molecule has 0 radical (unpaired) electrons. The minimum absolute atomic E-state index is 0.719. The predicted octanol–water partition coefficient (Wildman–Crippen LogP) is 2.33. The van der Waals surface area contributed by atoms with Gasteiger partial charge in [-0.15, -0.1) is 0 Å². The lowest BCUT2D eigenvalue weighted by Gasteiger charge is -2.27. The lowest BCUT2D eigenvalue weighted by Crippen LogP contribution is -2.15. The number of hydrogen-bond acceptors (Lipinski definition) is 1. The van der Waals surface area contributed by atoms with E-state index in [-0.39, 0.29) is 0 Å². The van der Waals surface area contributed by atoms with Crippen molar-refractivity contribution in [3.8, 4) is 0 Å². The molecule has 1 aliphatic carbocycles. The number of nitrogens with two attached hydrogens (primary N) is 1. The fourth-order valence-corrected chi connectivity index (χ4v) is 1.77. The molecule has 0 amide bonds. The molecule has 64 valence electrons. The summed E-state index contributed by atoms with van der Waals surface area (Å²) in [5.41, 5.74) is 7.04. The Kier molecular flexibility index (Phi) is 3.13. The standard InChI is InChI=1S/C10H19N/c1-8-3-4-10(5-6-11)7-9(8)2/h5,8-9H,3-4,6-7,11H2,1-2H3. The van der Waals surface area contributed by atoms with Crippen LogP contribution in [0.2, 0.25) is 0 Å². The van der Waals surface area contributed by atoms with Gasteiger partial charge in [0.05, 0.1) is 0 Å². The first kappa shape index (κ1) is 8.79. The summed E-state index contributed by atoms with van der Waals surface area (Å²) in [5.74, 6) is 1.77. The molecule has 0 saturated heterocycles. The van der Waals surface area contributed by atoms with Gasteiger partial charge >= 0.3 is 0 Å². The first-order valence-corrected chi connectivity index (χ1v) is 4.62. The van der Waals surface area contributed by atoms with Gasteiger partial charge in [-0.1, -0.05) is 25.5 Å².